The molecule has 6 heteroatoms. The van der Waals surface area contributed by atoms with Gasteiger partial charge < -0.3 is 20.1 Å². The monoisotopic (exact) mass is 280 g/mol. The number of carbonyl (C=O) groups is 1. The molecule has 19 heavy (non-hydrogen) atoms. The molecule has 0 radical (unpaired) electrons. The Kier molecular flexibility index (Phi) is 4.70. The van der Waals surface area contributed by atoms with Gasteiger partial charge in [0, 0.05) is 18.7 Å². The molecule has 0 saturated carbocycles. The zero-order chi connectivity index (χ0) is 13.7. The van der Waals surface area contributed by atoms with E-state index in [0.717, 1.165) is 5.56 Å². The standard InChI is InChI=1S/C13H16N2O3S/c14-13(19)10-1-3-11(4-2-10)18-9-12(16)15-5-7-17-8-6-15/h1-4H,5-9H2,(H2,14,19). The third-order valence-electron chi connectivity index (χ3n) is 2.86. The van der Waals surface area contributed by atoms with Gasteiger partial charge in [0.05, 0.1) is 13.2 Å². The first-order chi connectivity index (χ1) is 9.16. The lowest BCUT2D eigenvalue weighted by molar-refractivity contribution is -0.137. The molecule has 1 fully saturated rings. The Balaban J connectivity index is 1.84. The number of hydrogen-bond donors (Lipinski definition) is 1. The number of morpholine rings is 1. The lowest BCUT2D eigenvalue weighted by Crippen LogP contribution is -2.42. The van der Waals surface area contributed by atoms with Crippen LogP contribution >= 0.6 is 12.2 Å². The smallest absolute Gasteiger partial charge is 0.260 e. The topological polar surface area (TPSA) is 64.8 Å². The third kappa shape index (κ3) is 3.90. The molecule has 1 aromatic rings. The second-order valence-corrected chi connectivity index (χ2v) is 4.61. The SMILES string of the molecule is NC(=S)c1ccc(OCC(=O)N2CCOCC2)cc1. The number of nitrogens with two attached hydrogens (primary N) is 1. The fourth-order valence-electron chi connectivity index (χ4n) is 1.76. The van der Waals surface area contributed by atoms with E-state index in [1.807, 2.05) is 0 Å². The quantitative estimate of drug-likeness (QED) is 0.816. The van der Waals surface area contributed by atoms with E-state index in [-0.39, 0.29) is 12.5 Å². The Bertz CT molecular complexity index is 455. The van der Waals surface area contributed by atoms with E-state index in [1.54, 1.807) is 29.2 Å². The summed E-state index contributed by atoms with van der Waals surface area (Å²) in [5.74, 6) is 0.600. The zero-order valence-electron chi connectivity index (χ0n) is 10.5. The molecule has 1 heterocycles. The van der Waals surface area contributed by atoms with Crippen molar-refractivity contribution in [2.45, 2.75) is 0 Å². The molecule has 0 spiro atoms. The highest BCUT2D eigenvalue weighted by molar-refractivity contribution is 7.80. The van der Waals surface area contributed by atoms with Crippen LogP contribution in [0.1, 0.15) is 5.56 Å². The van der Waals surface area contributed by atoms with E-state index in [1.165, 1.54) is 0 Å². The third-order valence-corrected chi connectivity index (χ3v) is 3.10. The van der Waals surface area contributed by atoms with Crippen molar-refractivity contribution >= 4 is 23.1 Å². The van der Waals surface area contributed by atoms with Crippen molar-refractivity contribution in [2.24, 2.45) is 5.73 Å². The maximum atomic E-state index is 11.9. The average Bonchev–Trinajstić information content (AvgIpc) is 2.46. The minimum Gasteiger partial charge on any atom is -0.484 e. The first-order valence-corrected chi connectivity index (χ1v) is 6.46. The number of rotatable bonds is 4. The molecule has 102 valence electrons. The van der Waals surface area contributed by atoms with Crippen molar-refractivity contribution in [1.29, 1.82) is 0 Å². The van der Waals surface area contributed by atoms with Gasteiger partial charge in [0.1, 0.15) is 10.7 Å². The lowest BCUT2D eigenvalue weighted by Gasteiger charge is -2.26. The lowest BCUT2D eigenvalue weighted by atomic mass is 10.2. The van der Waals surface area contributed by atoms with E-state index in [9.17, 15) is 4.79 Å². The second kappa shape index (κ2) is 6.49. The van der Waals surface area contributed by atoms with Gasteiger partial charge in [-0.05, 0) is 24.3 Å². The van der Waals surface area contributed by atoms with Crippen LogP contribution in [0, 0.1) is 0 Å². The predicted octanol–water partition coefficient (Wildman–Crippen LogP) is 0.558. The number of nitrogens with zero attached hydrogens (tertiary/aromatic N) is 1. The van der Waals surface area contributed by atoms with Crippen LogP contribution in [0.2, 0.25) is 0 Å². The van der Waals surface area contributed by atoms with Gasteiger partial charge in [0.25, 0.3) is 5.91 Å². The molecule has 1 aromatic carbocycles. The van der Waals surface area contributed by atoms with Gasteiger partial charge in [-0.25, -0.2) is 0 Å². The number of carbonyl (C=O) groups excluding carboxylic acids is 1. The molecule has 1 amide bonds. The minimum atomic E-state index is -0.0262. The Morgan fingerprint density at radius 1 is 1.32 bits per heavy atom. The molecular weight excluding hydrogens is 264 g/mol. The molecule has 0 atom stereocenters. The van der Waals surface area contributed by atoms with Gasteiger partial charge >= 0.3 is 0 Å². The summed E-state index contributed by atoms with van der Waals surface area (Å²) >= 11 is 4.86. The molecule has 0 bridgehead atoms. The molecule has 2 N–H and O–H groups in total. The summed E-state index contributed by atoms with van der Waals surface area (Å²) in [4.78, 5) is 13.9. The molecule has 0 unspecified atom stereocenters. The Labute approximate surface area is 117 Å². The van der Waals surface area contributed by atoms with Crippen LogP contribution in [0.4, 0.5) is 0 Å². The summed E-state index contributed by atoms with van der Waals surface area (Å²) in [6.07, 6.45) is 0. The van der Waals surface area contributed by atoms with Crippen LogP contribution in [-0.4, -0.2) is 48.7 Å². The molecule has 0 aromatic heterocycles. The van der Waals surface area contributed by atoms with Gasteiger partial charge in [-0.2, -0.15) is 0 Å². The summed E-state index contributed by atoms with van der Waals surface area (Å²) in [7, 11) is 0. The van der Waals surface area contributed by atoms with Crippen LogP contribution in [0.25, 0.3) is 0 Å². The Hall–Kier alpha value is -1.66. The Morgan fingerprint density at radius 2 is 1.95 bits per heavy atom. The second-order valence-electron chi connectivity index (χ2n) is 4.17. The van der Waals surface area contributed by atoms with Crippen molar-refractivity contribution in [2.75, 3.05) is 32.9 Å². The van der Waals surface area contributed by atoms with Crippen molar-refractivity contribution in [3.05, 3.63) is 29.8 Å². The van der Waals surface area contributed by atoms with Crippen molar-refractivity contribution in [3.8, 4) is 5.75 Å². The van der Waals surface area contributed by atoms with Crippen LogP contribution in [0.5, 0.6) is 5.75 Å². The molecule has 1 saturated heterocycles. The van der Waals surface area contributed by atoms with Gasteiger partial charge in [-0.1, -0.05) is 12.2 Å². The summed E-state index contributed by atoms with van der Waals surface area (Å²) in [6, 6.07) is 7.05. The van der Waals surface area contributed by atoms with Crippen LogP contribution in [0.3, 0.4) is 0 Å². The normalized spacial score (nSPS) is 15.1. The van der Waals surface area contributed by atoms with Crippen LogP contribution in [-0.2, 0) is 9.53 Å². The van der Waals surface area contributed by atoms with E-state index in [4.69, 9.17) is 27.4 Å². The van der Waals surface area contributed by atoms with E-state index >= 15 is 0 Å². The molecule has 2 rings (SSSR count). The minimum absolute atomic E-state index is 0.0262. The number of benzene rings is 1. The van der Waals surface area contributed by atoms with Crippen molar-refractivity contribution in [3.63, 3.8) is 0 Å². The zero-order valence-corrected chi connectivity index (χ0v) is 11.3. The fourth-order valence-corrected chi connectivity index (χ4v) is 1.90. The Morgan fingerprint density at radius 3 is 2.53 bits per heavy atom. The van der Waals surface area contributed by atoms with Gasteiger partial charge in [-0.15, -0.1) is 0 Å². The number of hydrogen-bond acceptors (Lipinski definition) is 4. The first kappa shape index (κ1) is 13.8. The largest absolute Gasteiger partial charge is 0.484 e. The molecule has 1 aliphatic rings. The van der Waals surface area contributed by atoms with Crippen molar-refractivity contribution in [1.82, 2.24) is 4.90 Å². The highest BCUT2D eigenvalue weighted by Crippen LogP contribution is 2.12. The summed E-state index contributed by atoms with van der Waals surface area (Å²) in [5.41, 5.74) is 6.28. The summed E-state index contributed by atoms with van der Waals surface area (Å²) < 4.78 is 10.6. The maximum absolute atomic E-state index is 11.9. The fraction of sp³-hybridized carbons (Fsp3) is 0.385. The average molecular weight is 280 g/mol. The summed E-state index contributed by atoms with van der Waals surface area (Å²) in [5, 5.41) is 0. The number of ether oxygens (including phenoxy) is 2. The molecule has 5 nitrogen and oxygen atoms in total. The van der Waals surface area contributed by atoms with Gasteiger partial charge in [0.2, 0.25) is 0 Å². The highest BCUT2D eigenvalue weighted by Gasteiger charge is 2.16. The molecule has 1 aliphatic heterocycles. The molecular formula is C13H16N2O3S. The highest BCUT2D eigenvalue weighted by atomic mass is 32.1. The van der Waals surface area contributed by atoms with E-state index in [2.05, 4.69) is 0 Å². The van der Waals surface area contributed by atoms with E-state index < -0.39 is 0 Å². The molecule has 0 aliphatic carbocycles. The maximum Gasteiger partial charge on any atom is 0.260 e. The van der Waals surface area contributed by atoms with Crippen LogP contribution < -0.4 is 10.5 Å². The predicted molar refractivity (Wildman–Crippen MR) is 75.2 cm³/mol. The van der Waals surface area contributed by atoms with E-state index in [0.29, 0.717) is 37.0 Å². The van der Waals surface area contributed by atoms with Gasteiger partial charge in [-0.3, -0.25) is 4.79 Å². The van der Waals surface area contributed by atoms with Crippen molar-refractivity contribution < 1.29 is 14.3 Å². The van der Waals surface area contributed by atoms with Crippen LogP contribution in [0.15, 0.2) is 24.3 Å². The number of thiocarbonyl (C=S) groups is 1. The summed E-state index contributed by atoms with van der Waals surface area (Å²) in [6.45, 7) is 2.47. The first-order valence-electron chi connectivity index (χ1n) is 6.05. The number of amides is 1. The van der Waals surface area contributed by atoms with Gasteiger partial charge in [0.15, 0.2) is 6.61 Å².